The molecule has 4 rings (SSSR count). The first-order chi connectivity index (χ1) is 20.7. The van der Waals surface area contributed by atoms with Crippen LogP contribution in [0.25, 0.3) is 16.9 Å². The molecular formula is C30H32F4N6O4. The Bertz CT molecular complexity index is 1690. The van der Waals surface area contributed by atoms with Crippen LogP contribution in [-0.2, 0) is 6.42 Å². The molecule has 0 aliphatic rings. The number of aromatic nitrogens is 3. The molecule has 4 N–H and O–H groups in total. The van der Waals surface area contributed by atoms with Crippen molar-refractivity contribution in [1.82, 2.24) is 25.0 Å². The highest BCUT2D eigenvalue weighted by Crippen LogP contribution is 2.32. The van der Waals surface area contributed by atoms with Crippen LogP contribution in [0.1, 0.15) is 50.5 Å². The summed E-state index contributed by atoms with van der Waals surface area (Å²) >= 11 is 0. The molecule has 2 aromatic heterocycles. The van der Waals surface area contributed by atoms with Crippen molar-refractivity contribution in [3.8, 4) is 17.0 Å². The van der Waals surface area contributed by atoms with Gasteiger partial charge in [-0.25, -0.2) is 19.2 Å². The molecule has 44 heavy (non-hydrogen) atoms. The highest BCUT2D eigenvalue weighted by atomic mass is 19.3. The van der Waals surface area contributed by atoms with Crippen molar-refractivity contribution in [3.05, 3.63) is 71.7 Å². The highest BCUT2D eigenvalue weighted by molar-refractivity contribution is 5.96. The lowest BCUT2D eigenvalue weighted by Gasteiger charge is -2.35. The summed E-state index contributed by atoms with van der Waals surface area (Å²) in [7, 11) is 0. The average Bonchev–Trinajstić information content (AvgIpc) is 3.38. The number of hydrogen-bond acceptors (Lipinski definition) is 6. The quantitative estimate of drug-likeness (QED) is 0.152. The summed E-state index contributed by atoms with van der Waals surface area (Å²) in [5.41, 5.74) is 1.42. The van der Waals surface area contributed by atoms with Crippen LogP contribution < -0.4 is 20.7 Å². The first-order valence-electron chi connectivity index (χ1n) is 13.7. The van der Waals surface area contributed by atoms with Crippen molar-refractivity contribution in [2.24, 2.45) is 5.41 Å². The fraction of sp³-hybridized carbons (Fsp3) is 0.333. The first kappa shape index (κ1) is 32.0. The fourth-order valence-corrected chi connectivity index (χ4v) is 5.04. The zero-order chi connectivity index (χ0) is 32.3. The van der Waals surface area contributed by atoms with E-state index in [0.717, 1.165) is 12.1 Å². The number of ether oxygens (including phenoxy) is 1. The molecule has 1 unspecified atom stereocenters. The minimum absolute atomic E-state index is 0.145. The Balaban J connectivity index is 1.59. The second kappa shape index (κ2) is 12.8. The van der Waals surface area contributed by atoms with E-state index >= 15 is 0 Å². The Labute approximate surface area is 250 Å². The Hall–Kier alpha value is -4.88. The number of aryl methyl sites for hydroxylation is 1. The van der Waals surface area contributed by atoms with Gasteiger partial charge in [0.05, 0.1) is 17.9 Å². The topological polar surface area (TPSA) is 130 Å². The number of nitrogens with zero attached hydrogens (tertiary/aromatic N) is 3. The van der Waals surface area contributed by atoms with Crippen LogP contribution in [0, 0.1) is 17.0 Å². The molecule has 0 fully saturated rings. The molecule has 0 radical (unpaired) electrons. The summed E-state index contributed by atoms with van der Waals surface area (Å²) in [6.07, 6.45) is 3.52. The minimum Gasteiger partial charge on any atom is -0.465 e. The van der Waals surface area contributed by atoms with E-state index in [2.05, 4.69) is 30.7 Å². The molecule has 4 aromatic rings. The van der Waals surface area contributed by atoms with E-state index < -0.39 is 47.6 Å². The second-order valence-electron chi connectivity index (χ2n) is 11.1. The van der Waals surface area contributed by atoms with E-state index in [-0.39, 0.29) is 28.6 Å². The smallest absolute Gasteiger partial charge is 0.404 e. The van der Waals surface area contributed by atoms with E-state index in [9.17, 15) is 32.3 Å². The minimum atomic E-state index is -3.31. The van der Waals surface area contributed by atoms with E-state index in [1.54, 1.807) is 25.1 Å². The van der Waals surface area contributed by atoms with Gasteiger partial charge in [0.1, 0.15) is 0 Å². The van der Waals surface area contributed by atoms with Gasteiger partial charge in [0.25, 0.3) is 5.91 Å². The molecule has 0 aliphatic heterocycles. The zero-order valence-electron chi connectivity index (χ0n) is 24.6. The van der Waals surface area contributed by atoms with Crippen LogP contribution in [0.5, 0.6) is 5.75 Å². The molecular weight excluding hydrogens is 584 g/mol. The third-order valence-electron chi connectivity index (χ3n) is 7.03. The zero-order valence-corrected chi connectivity index (χ0v) is 24.6. The van der Waals surface area contributed by atoms with Crippen LogP contribution in [0.15, 0.2) is 48.9 Å². The Morgan fingerprint density at radius 3 is 2.43 bits per heavy atom. The Kier molecular flexibility index (Phi) is 9.30. The van der Waals surface area contributed by atoms with Gasteiger partial charge < -0.3 is 25.8 Å². The van der Waals surface area contributed by atoms with Gasteiger partial charge >= 0.3 is 12.7 Å². The fourth-order valence-electron chi connectivity index (χ4n) is 5.04. The van der Waals surface area contributed by atoms with E-state index in [0.29, 0.717) is 23.2 Å². The third kappa shape index (κ3) is 6.84. The lowest BCUT2D eigenvalue weighted by molar-refractivity contribution is -0.0525. The lowest BCUT2D eigenvalue weighted by Crippen LogP contribution is -2.56. The van der Waals surface area contributed by atoms with Crippen molar-refractivity contribution in [1.29, 1.82) is 0 Å². The standard InChI is InChI=1S/C30H32F4N6O4/c1-6-16-13-17(7-8-18(16)27(41)37-15(2)24(30(3,4)5)39-29(42)43)38-25-26-36-14-20(40(26)12-11-35-25)19-9-10-21(44-28(33)34)23(32)22(19)31/h7-15,24,28,39H,6H2,1-5H3,(H,35,38)(H,37,41)(H,42,43)/t15-,24?/m0/s1. The van der Waals surface area contributed by atoms with Crippen molar-refractivity contribution in [3.63, 3.8) is 0 Å². The number of alkyl halides is 2. The van der Waals surface area contributed by atoms with Gasteiger partial charge in [-0.05, 0) is 54.7 Å². The largest absolute Gasteiger partial charge is 0.465 e. The molecule has 2 atom stereocenters. The normalized spacial score (nSPS) is 13.0. The molecule has 14 heteroatoms. The number of rotatable bonds is 10. The first-order valence-corrected chi connectivity index (χ1v) is 13.7. The van der Waals surface area contributed by atoms with Gasteiger partial charge in [-0.2, -0.15) is 13.2 Å². The summed E-state index contributed by atoms with van der Waals surface area (Å²) in [6.45, 7) is 5.94. The lowest BCUT2D eigenvalue weighted by atomic mass is 9.82. The summed E-state index contributed by atoms with van der Waals surface area (Å²) in [5, 5.41) is 17.8. The Morgan fingerprint density at radius 1 is 1.07 bits per heavy atom. The predicted octanol–water partition coefficient (Wildman–Crippen LogP) is 6.38. The number of amides is 2. The number of anilines is 2. The highest BCUT2D eigenvalue weighted by Gasteiger charge is 2.32. The molecule has 10 nitrogen and oxygen atoms in total. The van der Waals surface area contributed by atoms with Gasteiger partial charge in [0.15, 0.2) is 23.0 Å². The molecule has 2 amide bonds. The number of benzene rings is 2. The van der Waals surface area contributed by atoms with Crippen LogP contribution >= 0.6 is 0 Å². The van der Waals surface area contributed by atoms with Crippen molar-refractivity contribution in [2.45, 2.75) is 59.7 Å². The third-order valence-corrected chi connectivity index (χ3v) is 7.03. The van der Waals surface area contributed by atoms with Crippen molar-refractivity contribution < 1.29 is 37.0 Å². The maximum Gasteiger partial charge on any atom is 0.404 e. The summed E-state index contributed by atoms with van der Waals surface area (Å²) in [6, 6.07) is 6.05. The van der Waals surface area contributed by atoms with Crippen molar-refractivity contribution in [2.75, 3.05) is 5.32 Å². The SMILES string of the molecule is CCc1cc(Nc2nccn3c(-c4ccc(OC(F)F)c(F)c4F)cnc23)ccc1C(=O)N[C@@H](C)C(NC(=O)O)C(C)(C)C. The number of hydrogen-bond donors (Lipinski definition) is 4. The Morgan fingerprint density at radius 2 is 1.80 bits per heavy atom. The number of carbonyl (C=O) groups is 2. The molecule has 0 aliphatic carbocycles. The van der Waals surface area contributed by atoms with Gasteiger partial charge in [-0.1, -0.05) is 27.7 Å². The number of halogens is 4. The van der Waals surface area contributed by atoms with Crippen LogP contribution in [-0.4, -0.2) is 50.2 Å². The molecule has 0 saturated carbocycles. The van der Waals surface area contributed by atoms with Gasteiger partial charge in [-0.15, -0.1) is 0 Å². The second-order valence-corrected chi connectivity index (χ2v) is 11.1. The average molecular weight is 617 g/mol. The van der Waals surface area contributed by atoms with E-state index in [1.165, 1.54) is 23.0 Å². The maximum atomic E-state index is 14.8. The number of fused-ring (bicyclic) bond motifs is 1. The molecule has 2 heterocycles. The molecule has 0 spiro atoms. The van der Waals surface area contributed by atoms with Crippen LogP contribution in [0.2, 0.25) is 0 Å². The molecule has 234 valence electrons. The van der Waals surface area contributed by atoms with E-state index in [4.69, 9.17) is 0 Å². The summed E-state index contributed by atoms with van der Waals surface area (Å²) in [5.74, 6) is -3.93. The predicted molar refractivity (Wildman–Crippen MR) is 155 cm³/mol. The van der Waals surface area contributed by atoms with Crippen LogP contribution in [0.4, 0.5) is 33.9 Å². The van der Waals surface area contributed by atoms with Gasteiger partial charge in [-0.3, -0.25) is 9.20 Å². The van der Waals surface area contributed by atoms with Gasteiger partial charge in [0, 0.05) is 35.2 Å². The summed E-state index contributed by atoms with van der Waals surface area (Å²) in [4.78, 5) is 33.2. The number of carbonyl (C=O) groups excluding carboxylic acids is 1. The maximum absolute atomic E-state index is 14.8. The molecule has 2 aromatic carbocycles. The number of nitrogens with one attached hydrogen (secondary N) is 3. The summed E-state index contributed by atoms with van der Waals surface area (Å²) < 4.78 is 59.8. The van der Waals surface area contributed by atoms with E-state index in [1.807, 2.05) is 27.7 Å². The number of carboxylic acid groups (broad SMARTS) is 1. The molecule has 0 bridgehead atoms. The monoisotopic (exact) mass is 616 g/mol. The van der Waals surface area contributed by atoms with Gasteiger partial charge in [0.2, 0.25) is 5.82 Å². The van der Waals surface area contributed by atoms with Crippen molar-refractivity contribution >= 4 is 29.2 Å². The van der Waals surface area contributed by atoms with Crippen LogP contribution in [0.3, 0.4) is 0 Å². The number of imidazole rings is 1. The molecule has 0 saturated heterocycles.